The van der Waals surface area contributed by atoms with Gasteiger partial charge in [-0.1, -0.05) is 36.2 Å². The molecule has 27 heavy (non-hydrogen) atoms. The van der Waals surface area contributed by atoms with Gasteiger partial charge in [0.2, 0.25) is 10.0 Å². The quantitative estimate of drug-likeness (QED) is 0.574. The van der Waals surface area contributed by atoms with E-state index in [2.05, 4.69) is 5.32 Å². The van der Waals surface area contributed by atoms with Crippen LogP contribution in [0.1, 0.15) is 24.8 Å². The second-order valence-corrected chi connectivity index (χ2v) is 8.69. The van der Waals surface area contributed by atoms with E-state index in [0.29, 0.717) is 18.7 Å². The third-order valence-electron chi connectivity index (χ3n) is 4.53. The van der Waals surface area contributed by atoms with E-state index in [9.17, 15) is 18.5 Å². The van der Waals surface area contributed by atoms with Gasteiger partial charge in [-0.2, -0.15) is 4.31 Å². The van der Waals surface area contributed by atoms with Crippen LogP contribution in [0.3, 0.4) is 0 Å². The van der Waals surface area contributed by atoms with Gasteiger partial charge in [0.05, 0.1) is 9.82 Å². The highest BCUT2D eigenvalue weighted by atomic mass is 35.5. The molecule has 7 nitrogen and oxygen atoms in total. The Bertz CT molecular complexity index is 943. The second kappa shape index (κ2) is 8.24. The maximum Gasteiger partial charge on any atom is 0.293 e. The topological polar surface area (TPSA) is 92.5 Å². The molecule has 2 aromatic rings. The van der Waals surface area contributed by atoms with Crippen LogP contribution < -0.4 is 5.32 Å². The summed E-state index contributed by atoms with van der Waals surface area (Å²) in [5.74, 6) is 0. The van der Waals surface area contributed by atoms with Crippen LogP contribution in [-0.4, -0.2) is 30.7 Å². The van der Waals surface area contributed by atoms with E-state index in [4.69, 9.17) is 11.6 Å². The molecule has 2 aromatic carbocycles. The molecular weight excluding hydrogens is 390 g/mol. The van der Waals surface area contributed by atoms with Gasteiger partial charge in [-0.25, -0.2) is 8.42 Å². The number of nitro groups is 1. The number of sulfonamides is 1. The van der Waals surface area contributed by atoms with Gasteiger partial charge in [0.1, 0.15) is 5.69 Å². The first kappa shape index (κ1) is 19.6. The zero-order valence-electron chi connectivity index (χ0n) is 14.6. The van der Waals surface area contributed by atoms with Gasteiger partial charge in [-0.15, -0.1) is 0 Å². The highest BCUT2D eigenvalue weighted by Gasteiger charge is 2.28. The molecule has 0 radical (unpaired) electrons. The van der Waals surface area contributed by atoms with Crippen molar-refractivity contribution >= 4 is 33.0 Å². The number of nitrogens with zero attached hydrogens (tertiary/aromatic N) is 2. The number of anilines is 1. The van der Waals surface area contributed by atoms with Crippen molar-refractivity contribution in [3.05, 3.63) is 63.2 Å². The normalized spacial score (nSPS) is 15.4. The molecule has 0 unspecified atom stereocenters. The first-order chi connectivity index (χ1) is 12.9. The molecule has 0 spiro atoms. The number of piperidine rings is 1. The maximum absolute atomic E-state index is 13.0. The van der Waals surface area contributed by atoms with Crippen molar-refractivity contribution in [2.45, 2.75) is 30.7 Å². The first-order valence-electron chi connectivity index (χ1n) is 8.65. The Labute approximate surface area is 163 Å². The van der Waals surface area contributed by atoms with Crippen LogP contribution in [0.2, 0.25) is 5.02 Å². The number of benzene rings is 2. The van der Waals surface area contributed by atoms with E-state index in [1.165, 1.54) is 16.4 Å². The summed E-state index contributed by atoms with van der Waals surface area (Å²) in [7, 11) is -3.59. The summed E-state index contributed by atoms with van der Waals surface area (Å²) in [5, 5.41) is 14.5. The predicted octanol–water partition coefficient (Wildman–Crippen LogP) is 4.03. The van der Waals surface area contributed by atoms with Gasteiger partial charge < -0.3 is 5.32 Å². The number of nitrogens with one attached hydrogen (secondary N) is 1. The lowest BCUT2D eigenvalue weighted by Gasteiger charge is -2.26. The minimum absolute atomic E-state index is 0.145. The number of rotatable bonds is 6. The van der Waals surface area contributed by atoms with Crippen LogP contribution in [0.4, 0.5) is 11.4 Å². The van der Waals surface area contributed by atoms with E-state index in [1.54, 1.807) is 30.3 Å². The van der Waals surface area contributed by atoms with Crippen molar-refractivity contribution in [2.75, 3.05) is 18.4 Å². The molecule has 0 bridgehead atoms. The number of halogens is 1. The molecule has 0 aliphatic carbocycles. The molecule has 9 heteroatoms. The molecule has 144 valence electrons. The lowest BCUT2D eigenvalue weighted by Crippen LogP contribution is -2.36. The Balaban J connectivity index is 1.86. The van der Waals surface area contributed by atoms with Crippen LogP contribution in [-0.2, 0) is 16.6 Å². The molecule has 0 aromatic heterocycles. The van der Waals surface area contributed by atoms with Crippen LogP contribution in [0.5, 0.6) is 0 Å². The van der Waals surface area contributed by atoms with Gasteiger partial charge >= 0.3 is 0 Å². The third kappa shape index (κ3) is 4.40. The van der Waals surface area contributed by atoms with Gasteiger partial charge in [0, 0.05) is 30.7 Å². The van der Waals surface area contributed by atoms with Crippen LogP contribution >= 0.6 is 11.6 Å². The van der Waals surface area contributed by atoms with E-state index in [0.717, 1.165) is 19.3 Å². The Morgan fingerprint density at radius 2 is 1.81 bits per heavy atom. The summed E-state index contributed by atoms with van der Waals surface area (Å²) in [6, 6.07) is 11.1. The third-order valence-corrected chi connectivity index (χ3v) is 6.77. The smallest absolute Gasteiger partial charge is 0.293 e. The fraction of sp³-hybridized carbons (Fsp3) is 0.333. The molecule has 0 amide bonds. The summed E-state index contributed by atoms with van der Waals surface area (Å²) in [6.07, 6.45) is 2.75. The molecule has 0 atom stereocenters. The molecule has 1 heterocycles. The lowest BCUT2D eigenvalue weighted by molar-refractivity contribution is -0.383. The van der Waals surface area contributed by atoms with Crippen LogP contribution in [0.25, 0.3) is 0 Å². The fourth-order valence-corrected chi connectivity index (χ4v) is 5.05. The zero-order chi connectivity index (χ0) is 19.4. The van der Waals surface area contributed by atoms with Crippen LogP contribution in [0, 0.1) is 10.1 Å². The Morgan fingerprint density at radius 3 is 2.52 bits per heavy atom. The summed E-state index contributed by atoms with van der Waals surface area (Å²) in [4.78, 5) is 10.9. The van der Waals surface area contributed by atoms with Crippen molar-refractivity contribution in [1.82, 2.24) is 4.31 Å². The van der Waals surface area contributed by atoms with Crippen molar-refractivity contribution < 1.29 is 13.3 Å². The molecule has 1 fully saturated rings. The van der Waals surface area contributed by atoms with Crippen molar-refractivity contribution in [3.8, 4) is 0 Å². The Morgan fingerprint density at radius 1 is 1.11 bits per heavy atom. The highest BCUT2D eigenvalue weighted by Crippen LogP contribution is 2.29. The standard InChI is InChI=1S/C18H20ClN3O4S/c19-15-8-9-16(17(12-15)22(23)24)20-13-14-6-2-3-7-18(14)27(25,26)21-10-4-1-5-11-21/h2-3,6-9,12,20H,1,4-5,10-11,13H2. The fourth-order valence-electron chi connectivity index (χ4n) is 3.14. The monoisotopic (exact) mass is 409 g/mol. The van der Waals surface area contributed by atoms with Crippen molar-refractivity contribution in [3.63, 3.8) is 0 Å². The molecule has 1 N–H and O–H groups in total. The van der Waals surface area contributed by atoms with Crippen molar-refractivity contribution in [1.29, 1.82) is 0 Å². The van der Waals surface area contributed by atoms with E-state index < -0.39 is 14.9 Å². The van der Waals surface area contributed by atoms with Crippen molar-refractivity contribution in [2.24, 2.45) is 0 Å². The van der Waals surface area contributed by atoms with Crippen LogP contribution in [0.15, 0.2) is 47.4 Å². The Hall–Kier alpha value is -2.16. The van der Waals surface area contributed by atoms with Gasteiger partial charge in [0.25, 0.3) is 5.69 Å². The summed E-state index contributed by atoms with van der Waals surface area (Å²) in [6.45, 7) is 1.19. The predicted molar refractivity (Wildman–Crippen MR) is 104 cm³/mol. The van der Waals surface area contributed by atoms with Gasteiger partial charge in [-0.05, 0) is 36.6 Å². The number of nitro benzene ring substituents is 1. The molecule has 1 saturated heterocycles. The molecule has 1 aliphatic heterocycles. The average Bonchev–Trinajstić information content (AvgIpc) is 2.67. The average molecular weight is 410 g/mol. The van der Waals surface area contributed by atoms with E-state index in [1.807, 2.05) is 0 Å². The molecular formula is C18H20ClN3O4S. The van der Waals surface area contributed by atoms with Gasteiger partial charge in [0.15, 0.2) is 0 Å². The highest BCUT2D eigenvalue weighted by molar-refractivity contribution is 7.89. The van der Waals surface area contributed by atoms with E-state index >= 15 is 0 Å². The number of hydrogen-bond donors (Lipinski definition) is 1. The minimum atomic E-state index is -3.59. The zero-order valence-corrected chi connectivity index (χ0v) is 16.2. The summed E-state index contributed by atoms with van der Waals surface area (Å²) < 4.78 is 27.5. The number of hydrogen-bond acceptors (Lipinski definition) is 5. The summed E-state index contributed by atoms with van der Waals surface area (Å²) >= 11 is 5.83. The molecule has 3 rings (SSSR count). The SMILES string of the molecule is O=[N+]([O-])c1cc(Cl)ccc1NCc1ccccc1S(=O)(=O)N1CCCCC1. The maximum atomic E-state index is 13.0. The first-order valence-corrected chi connectivity index (χ1v) is 10.5. The minimum Gasteiger partial charge on any atom is -0.375 e. The lowest BCUT2D eigenvalue weighted by atomic mass is 10.2. The van der Waals surface area contributed by atoms with Gasteiger partial charge in [-0.3, -0.25) is 10.1 Å². The molecule has 0 saturated carbocycles. The Kier molecular flexibility index (Phi) is 5.98. The second-order valence-electron chi connectivity index (χ2n) is 6.34. The molecule has 1 aliphatic rings. The summed E-state index contributed by atoms with van der Waals surface area (Å²) in [5.41, 5.74) is 0.695. The van der Waals surface area contributed by atoms with E-state index in [-0.39, 0.29) is 27.8 Å². The largest absolute Gasteiger partial charge is 0.375 e.